The SMILES string of the molecule is CN1CCc2ccc(NC(=O)c3ccc(Cl)s3)cc2C1.O=C(Nc1ccc2c(c1)CNCC2)c1ccc(Cl)s1. The number of nitrogens with one attached hydrogen (secondary N) is 3. The van der Waals surface area contributed by atoms with Crippen molar-refractivity contribution in [3.05, 3.63) is 101 Å². The van der Waals surface area contributed by atoms with E-state index in [1.54, 1.807) is 24.3 Å². The number of rotatable bonds is 4. The predicted molar refractivity (Wildman–Crippen MR) is 163 cm³/mol. The van der Waals surface area contributed by atoms with Gasteiger partial charge in [-0.3, -0.25) is 9.59 Å². The second-order valence-electron chi connectivity index (χ2n) is 9.50. The molecule has 0 unspecified atom stereocenters. The molecule has 0 saturated heterocycles. The number of benzene rings is 2. The van der Waals surface area contributed by atoms with Crippen LogP contribution in [0.4, 0.5) is 11.4 Å². The molecule has 6 rings (SSSR count). The van der Waals surface area contributed by atoms with Crippen LogP contribution in [0.5, 0.6) is 0 Å². The molecule has 6 nitrogen and oxygen atoms in total. The molecule has 10 heteroatoms. The summed E-state index contributed by atoms with van der Waals surface area (Å²) in [6, 6.07) is 19.2. The average molecular weight is 600 g/mol. The molecule has 39 heavy (non-hydrogen) atoms. The van der Waals surface area contributed by atoms with Gasteiger partial charge in [0, 0.05) is 31.0 Å². The first-order valence-electron chi connectivity index (χ1n) is 12.6. The summed E-state index contributed by atoms with van der Waals surface area (Å²) in [6.45, 7) is 3.91. The maximum atomic E-state index is 12.1. The molecule has 0 atom stereocenters. The highest BCUT2D eigenvalue weighted by atomic mass is 35.5. The first kappa shape index (κ1) is 27.8. The van der Waals surface area contributed by atoms with Gasteiger partial charge in [-0.15, -0.1) is 22.7 Å². The Labute approximate surface area is 246 Å². The fourth-order valence-corrected chi connectivity index (χ4v) is 6.47. The molecule has 202 valence electrons. The topological polar surface area (TPSA) is 73.5 Å². The van der Waals surface area contributed by atoms with Crippen LogP contribution in [0.15, 0.2) is 60.7 Å². The Hall–Kier alpha value is -2.72. The molecular weight excluding hydrogens is 571 g/mol. The van der Waals surface area contributed by atoms with Crippen LogP contribution in [0.2, 0.25) is 8.67 Å². The van der Waals surface area contributed by atoms with Gasteiger partial charge < -0.3 is 20.9 Å². The number of thiophene rings is 2. The minimum absolute atomic E-state index is 0.106. The van der Waals surface area contributed by atoms with Crippen molar-refractivity contribution in [1.82, 2.24) is 10.2 Å². The summed E-state index contributed by atoms with van der Waals surface area (Å²) in [5.41, 5.74) is 6.95. The summed E-state index contributed by atoms with van der Waals surface area (Å²) in [4.78, 5) is 27.7. The zero-order valence-corrected chi connectivity index (χ0v) is 24.5. The van der Waals surface area contributed by atoms with Crippen molar-refractivity contribution in [3.63, 3.8) is 0 Å². The van der Waals surface area contributed by atoms with Gasteiger partial charge in [0.1, 0.15) is 0 Å². The van der Waals surface area contributed by atoms with Crippen LogP contribution in [0, 0.1) is 0 Å². The largest absolute Gasteiger partial charge is 0.321 e. The van der Waals surface area contributed by atoms with Crippen molar-refractivity contribution in [1.29, 1.82) is 0 Å². The summed E-state index contributed by atoms with van der Waals surface area (Å²) in [7, 11) is 2.11. The Morgan fingerprint density at radius 3 is 1.90 bits per heavy atom. The smallest absolute Gasteiger partial charge is 0.265 e. The minimum Gasteiger partial charge on any atom is -0.321 e. The highest BCUT2D eigenvalue weighted by Crippen LogP contribution is 2.26. The number of halogens is 2. The van der Waals surface area contributed by atoms with Crippen molar-refractivity contribution >= 4 is 69.1 Å². The van der Waals surface area contributed by atoms with Crippen molar-refractivity contribution in [3.8, 4) is 0 Å². The number of likely N-dealkylation sites (N-methyl/N-ethyl adjacent to an activating group) is 1. The van der Waals surface area contributed by atoms with Crippen LogP contribution in [0.25, 0.3) is 0 Å². The van der Waals surface area contributed by atoms with E-state index < -0.39 is 0 Å². The Morgan fingerprint density at radius 2 is 1.33 bits per heavy atom. The van der Waals surface area contributed by atoms with Gasteiger partial charge >= 0.3 is 0 Å². The molecule has 4 aromatic rings. The standard InChI is InChI=1S/C15H15ClN2OS.C14H13ClN2OS/c1-18-7-6-10-2-3-12(8-11(10)9-18)17-15(19)13-4-5-14(16)20-13;15-13-4-3-12(19-13)14(18)17-11-2-1-9-5-6-16-8-10(9)7-11/h2-5,8H,6-7,9H2,1H3,(H,17,19);1-4,7,16H,5-6,8H2,(H,17,18). The first-order valence-corrected chi connectivity index (χ1v) is 15.0. The number of amides is 2. The van der Waals surface area contributed by atoms with Crippen LogP contribution >= 0.6 is 45.9 Å². The van der Waals surface area contributed by atoms with Gasteiger partial charge in [-0.25, -0.2) is 0 Å². The van der Waals surface area contributed by atoms with Crippen molar-refractivity contribution < 1.29 is 9.59 Å². The highest BCUT2D eigenvalue weighted by Gasteiger charge is 2.15. The van der Waals surface area contributed by atoms with Crippen LogP contribution < -0.4 is 16.0 Å². The van der Waals surface area contributed by atoms with Crippen molar-refractivity contribution in [2.24, 2.45) is 0 Å². The molecule has 3 N–H and O–H groups in total. The van der Waals surface area contributed by atoms with Crippen molar-refractivity contribution in [2.45, 2.75) is 25.9 Å². The number of hydrogen-bond donors (Lipinski definition) is 3. The number of carbonyl (C=O) groups is 2. The highest BCUT2D eigenvalue weighted by molar-refractivity contribution is 7.18. The third-order valence-corrected chi connectivity index (χ3v) is 9.07. The van der Waals surface area contributed by atoms with Gasteiger partial charge in [-0.1, -0.05) is 35.3 Å². The lowest BCUT2D eigenvalue weighted by atomic mass is 9.99. The van der Waals surface area contributed by atoms with Crippen LogP contribution in [-0.2, 0) is 25.9 Å². The maximum absolute atomic E-state index is 12.1. The second-order valence-corrected chi connectivity index (χ2v) is 12.9. The van der Waals surface area contributed by atoms with Crippen molar-refractivity contribution in [2.75, 3.05) is 30.8 Å². The molecule has 0 bridgehead atoms. The van der Waals surface area contributed by atoms with E-state index in [2.05, 4.69) is 46.1 Å². The van der Waals surface area contributed by atoms with Crippen LogP contribution in [-0.4, -0.2) is 36.9 Å². The van der Waals surface area contributed by atoms with Gasteiger partial charge in [0.05, 0.1) is 18.4 Å². The predicted octanol–water partition coefficient (Wildman–Crippen LogP) is 6.94. The molecule has 2 aromatic heterocycles. The molecule has 0 fully saturated rings. The molecule has 0 saturated carbocycles. The summed E-state index contributed by atoms with van der Waals surface area (Å²) < 4.78 is 1.25. The zero-order valence-electron chi connectivity index (χ0n) is 21.4. The molecule has 2 aliphatic rings. The molecule has 4 heterocycles. The Bertz CT molecular complexity index is 1500. The van der Waals surface area contributed by atoms with E-state index in [0.29, 0.717) is 18.4 Å². The lowest BCUT2D eigenvalue weighted by molar-refractivity contribution is 0.102. The first-order chi connectivity index (χ1) is 18.8. The molecule has 2 amide bonds. The Morgan fingerprint density at radius 1 is 0.769 bits per heavy atom. The molecule has 0 aliphatic carbocycles. The fourth-order valence-electron chi connectivity index (χ4n) is 4.59. The third kappa shape index (κ3) is 7.28. The van der Waals surface area contributed by atoms with E-state index in [1.807, 2.05) is 18.2 Å². The number of fused-ring (bicyclic) bond motifs is 2. The summed E-state index contributed by atoms with van der Waals surface area (Å²) >= 11 is 14.3. The molecule has 0 radical (unpaired) electrons. The van der Waals surface area contributed by atoms with Gasteiger partial charge in [0.15, 0.2) is 0 Å². The van der Waals surface area contributed by atoms with Gasteiger partial charge in [0.2, 0.25) is 0 Å². The normalized spacial score (nSPS) is 14.4. The van der Waals surface area contributed by atoms with E-state index in [4.69, 9.17) is 23.2 Å². The van der Waals surface area contributed by atoms with E-state index in [9.17, 15) is 9.59 Å². The Balaban J connectivity index is 0.000000158. The summed E-state index contributed by atoms with van der Waals surface area (Å²) in [5, 5.41) is 9.17. The van der Waals surface area contributed by atoms with E-state index in [-0.39, 0.29) is 11.8 Å². The number of hydrogen-bond acceptors (Lipinski definition) is 6. The molecule has 2 aromatic carbocycles. The summed E-state index contributed by atoms with van der Waals surface area (Å²) in [6.07, 6.45) is 2.12. The number of carbonyl (C=O) groups excluding carboxylic acids is 2. The quantitative estimate of drug-likeness (QED) is 0.238. The van der Waals surface area contributed by atoms with E-state index in [1.165, 1.54) is 44.9 Å². The van der Waals surface area contributed by atoms with E-state index >= 15 is 0 Å². The minimum atomic E-state index is -0.111. The molecular formula is C29H28Cl2N4O2S2. The lowest BCUT2D eigenvalue weighted by Gasteiger charge is -2.25. The number of nitrogens with zero attached hydrogens (tertiary/aromatic N) is 1. The third-order valence-electron chi connectivity index (χ3n) is 6.61. The second kappa shape index (κ2) is 12.6. The van der Waals surface area contributed by atoms with Crippen LogP contribution in [0.1, 0.15) is 41.6 Å². The monoisotopic (exact) mass is 598 g/mol. The van der Waals surface area contributed by atoms with E-state index in [0.717, 1.165) is 50.4 Å². The Kier molecular flexibility index (Phi) is 9.02. The lowest BCUT2D eigenvalue weighted by Crippen LogP contribution is -2.26. The van der Waals surface area contributed by atoms with Gasteiger partial charge in [-0.2, -0.15) is 0 Å². The van der Waals surface area contributed by atoms with Gasteiger partial charge in [-0.05, 0) is 97.2 Å². The molecule has 2 aliphatic heterocycles. The summed E-state index contributed by atoms with van der Waals surface area (Å²) in [5.74, 6) is -0.216. The number of anilines is 2. The van der Waals surface area contributed by atoms with Crippen LogP contribution in [0.3, 0.4) is 0 Å². The zero-order chi connectivity index (χ0) is 27.4. The van der Waals surface area contributed by atoms with Gasteiger partial charge in [0.25, 0.3) is 11.8 Å². The fraction of sp³-hybridized carbons (Fsp3) is 0.241. The average Bonchev–Trinajstić information content (AvgIpc) is 3.57. The maximum Gasteiger partial charge on any atom is 0.265 e. The molecule has 0 spiro atoms.